The fraction of sp³-hybridized carbons (Fsp3) is 0.231. The van der Waals surface area contributed by atoms with E-state index >= 15 is 0 Å². The summed E-state index contributed by atoms with van der Waals surface area (Å²) >= 11 is 11.3. The van der Waals surface area contributed by atoms with Gasteiger partial charge in [-0.1, -0.05) is 33.6 Å². The highest BCUT2D eigenvalue weighted by atomic mass is 79.9. The highest BCUT2D eigenvalue weighted by Gasteiger charge is 2.11. The average molecular weight is 346 g/mol. The Balaban J connectivity index is 2.07. The summed E-state index contributed by atoms with van der Waals surface area (Å²) in [6.45, 7) is 0. The molecule has 0 bridgehead atoms. The molecule has 3 N–H and O–H groups in total. The van der Waals surface area contributed by atoms with E-state index in [2.05, 4.69) is 38.9 Å². The Morgan fingerprint density at radius 2 is 2.22 bits per heavy atom. The third kappa shape index (κ3) is 3.80. The SMILES string of the molecule is NNC(CCc1cccs1)c1cc(Cl)cc(Br)c1. The lowest BCUT2D eigenvalue weighted by atomic mass is 10.0. The molecule has 1 unspecified atom stereocenters. The molecule has 0 aliphatic carbocycles. The van der Waals surface area contributed by atoms with Crippen molar-refractivity contribution in [3.8, 4) is 0 Å². The zero-order valence-corrected chi connectivity index (χ0v) is 12.9. The van der Waals surface area contributed by atoms with E-state index in [0.29, 0.717) is 0 Å². The first-order valence-electron chi connectivity index (χ1n) is 5.63. The first-order valence-corrected chi connectivity index (χ1v) is 7.68. The molecule has 0 saturated carbocycles. The predicted octanol–water partition coefficient (Wildman–Crippen LogP) is 4.30. The number of nitrogens with one attached hydrogen (secondary N) is 1. The van der Waals surface area contributed by atoms with Crippen molar-refractivity contribution in [3.63, 3.8) is 0 Å². The van der Waals surface area contributed by atoms with Gasteiger partial charge >= 0.3 is 0 Å². The van der Waals surface area contributed by atoms with Crippen LogP contribution in [0.2, 0.25) is 5.02 Å². The number of nitrogens with two attached hydrogens (primary N) is 1. The van der Waals surface area contributed by atoms with Crippen LogP contribution in [0.15, 0.2) is 40.2 Å². The molecule has 0 radical (unpaired) electrons. The van der Waals surface area contributed by atoms with Crippen molar-refractivity contribution in [2.75, 3.05) is 0 Å². The van der Waals surface area contributed by atoms with Gasteiger partial charge in [0.15, 0.2) is 0 Å². The van der Waals surface area contributed by atoms with Crippen LogP contribution >= 0.6 is 38.9 Å². The highest BCUT2D eigenvalue weighted by molar-refractivity contribution is 9.10. The first-order chi connectivity index (χ1) is 8.69. The molecule has 2 aromatic rings. The Bertz CT molecular complexity index is 481. The van der Waals surface area contributed by atoms with Crippen molar-refractivity contribution < 1.29 is 0 Å². The lowest BCUT2D eigenvalue weighted by Gasteiger charge is -2.16. The largest absolute Gasteiger partial charge is 0.271 e. The summed E-state index contributed by atoms with van der Waals surface area (Å²) in [6, 6.07) is 10.2. The molecular formula is C13H14BrClN2S. The van der Waals surface area contributed by atoms with Gasteiger partial charge in [0.2, 0.25) is 0 Å². The van der Waals surface area contributed by atoms with Crippen molar-refractivity contribution in [1.82, 2.24) is 5.43 Å². The number of rotatable bonds is 5. The van der Waals surface area contributed by atoms with E-state index in [1.54, 1.807) is 11.3 Å². The summed E-state index contributed by atoms with van der Waals surface area (Å²) < 4.78 is 0.973. The summed E-state index contributed by atoms with van der Waals surface area (Å²) in [5.74, 6) is 5.64. The summed E-state index contributed by atoms with van der Waals surface area (Å²) in [6.07, 6.45) is 1.96. The maximum absolute atomic E-state index is 6.05. The van der Waals surface area contributed by atoms with Gasteiger partial charge in [0, 0.05) is 20.4 Å². The molecule has 1 aromatic heterocycles. The Morgan fingerprint density at radius 3 is 2.83 bits per heavy atom. The van der Waals surface area contributed by atoms with Gasteiger partial charge in [-0.25, -0.2) is 0 Å². The van der Waals surface area contributed by atoms with Crippen LogP contribution in [0, 0.1) is 0 Å². The molecule has 2 nitrogen and oxygen atoms in total. The van der Waals surface area contributed by atoms with Gasteiger partial charge in [-0.2, -0.15) is 0 Å². The number of benzene rings is 1. The maximum Gasteiger partial charge on any atom is 0.0464 e. The van der Waals surface area contributed by atoms with Crippen molar-refractivity contribution >= 4 is 38.9 Å². The molecule has 1 heterocycles. The lowest BCUT2D eigenvalue weighted by Crippen LogP contribution is -2.28. The molecule has 0 fully saturated rings. The molecule has 0 aliphatic heterocycles. The number of halogens is 2. The number of thiophene rings is 1. The van der Waals surface area contributed by atoms with Gasteiger partial charge in [-0.05, 0) is 48.1 Å². The van der Waals surface area contributed by atoms with E-state index in [4.69, 9.17) is 17.4 Å². The van der Waals surface area contributed by atoms with E-state index in [1.165, 1.54) is 4.88 Å². The fourth-order valence-electron chi connectivity index (χ4n) is 1.86. The first kappa shape index (κ1) is 14.0. The van der Waals surface area contributed by atoms with Gasteiger partial charge in [-0.15, -0.1) is 11.3 Å². The maximum atomic E-state index is 6.05. The van der Waals surface area contributed by atoms with E-state index < -0.39 is 0 Å². The van der Waals surface area contributed by atoms with Crippen LogP contribution in [0.4, 0.5) is 0 Å². The van der Waals surface area contributed by atoms with Gasteiger partial charge in [0.05, 0.1) is 0 Å². The standard InChI is InChI=1S/C13H14BrClN2S/c14-10-6-9(7-11(15)8-10)13(17-16)4-3-12-2-1-5-18-12/h1-2,5-8,13,17H,3-4,16H2. The molecular weight excluding hydrogens is 332 g/mol. The molecule has 2 rings (SSSR count). The topological polar surface area (TPSA) is 38.0 Å². The van der Waals surface area contributed by atoms with Gasteiger partial charge in [0.1, 0.15) is 0 Å². The molecule has 0 aliphatic rings. The zero-order chi connectivity index (χ0) is 13.0. The molecule has 1 atom stereocenters. The van der Waals surface area contributed by atoms with Crippen LogP contribution in [0.25, 0.3) is 0 Å². The van der Waals surface area contributed by atoms with Gasteiger partial charge < -0.3 is 0 Å². The Labute approximate surface area is 124 Å². The minimum Gasteiger partial charge on any atom is -0.271 e. The van der Waals surface area contributed by atoms with Crippen molar-refractivity contribution in [2.45, 2.75) is 18.9 Å². The average Bonchev–Trinajstić information content (AvgIpc) is 2.81. The normalized spacial score (nSPS) is 12.6. The second-order valence-corrected chi connectivity index (χ2v) is 6.42. The molecule has 96 valence electrons. The van der Waals surface area contributed by atoms with Crippen LogP contribution < -0.4 is 11.3 Å². The van der Waals surface area contributed by atoms with Crippen LogP contribution in [-0.4, -0.2) is 0 Å². The molecule has 0 amide bonds. The smallest absolute Gasteiger partial charge is 0.0464 e. The summed E-state index contributed by atoms with van der Waals surface area (Å²) in [7, 11) is 0. The van der Waals surface area contributed by atoms with Gasteiger partial charge in [-0.3, -0.25) is 11.3 Å². The monoisotopic (exact) mass is 344 g/mol. The second kappa shape index (κ2) is 6.68. The quantitative estimate of drug-likeness (QED) is 0.626. The predicted molar refractivity (Wildman–Crippen MR) is 81.9 cm³/mol. The van der Waals surface area contributed by atoms with Crippen molar-refractivity contribution in [2.24, 2.45) is 5.84 Å². The molecule has 0 saturated heterocycles. The Morgan fingerprint density at radius 1 is 1.39 bits per heavy atom. The van der Waals surface area contributed by atoms with E-state index in [0.717, 1.165) is 27.9 Å². The van der Waals surface area contributed by atoms with Crippen LogP contribution in [0.5, 0.6) is 0 Å². The van der Waals surface area contributed by atoms with E-state index in [-0.39, 0.29) is 6.04 Å². The Hall–Kier alpha value is -0.390. The number of hydrazine groups is 1. The Kier molecular flexibility index (Phi) is 5.21. The summed E-state index contributed by atoms with van der Waals surface area (Å²) in [5.41, 5.74) is 3.97. The van der Waals surface area contributed by atoms with Crippen molar-refractivity contribution in [3.05, 3.63) is 55.6 Å². The second-order valence-electron chi connectivity index (χ2n) is 4.04. The van der Waals surface area contributed by atoms with Crippen LogP contribution in [0.3, 0.4) is 0 Å². The molecule has 18 heavy (non-hydrogen) atoms. The number of hydrogen-bond donors (Lipinski definition) is 2. The zero-order valence-electron chi connectivity index (χ0n) is 9.70. The minimum atomic E-state index is 0.113. The third-order valence-corrected chi connectivity index (χ3v) is 4.36. The minimum absolute atomic E-state index is 0.113. The fourth-order valence-corrected chi connectivity index (χ4v) is 3.48. The number of aryl methyl sites for hydroxylation is 1. The molecule has 0 spiro atoms. The summed E-state index contributed by atoms with van der Waals surface area (Å²) in [4.78, 5) is 1.37. The van der Waals surface area contributed by atoms with E-state index in [1.807, 2.05) is 18.2 Å². The highest BCUT2D eigenvalue weighted by Crippen LogP contribution is 2.26. The van der Waals surface area contributed by atoms with Crippen LogP contribution in [0.1, 0.15) is 22.9 Å². The van der Waals surface area contributed by atoms with Gasteiger partial charge in [0.25, 0.3) is 0 Å². The number of hydrogen-bond acceptors (Lipinski definition) is 3. The van der Waals surface area contributed by atoms with Crippen LogP contribution in [-0.2, 0) is 6.42 Å². The van der Waals surface area contributed by atoms with Crippen molar-refractivity contribution in [1.29, 1.82) is 0 Å². The molecule has 1 aromatic carbocycles. The molecule has 5 heteroatoms. The lowest BCUT2D eigenvalue weighted by molar-refractivity contribution is 0.518. The third-order valence-electron chi connectivity index (χ3n) is 2.75. The van der Waals surface area contributed by atoms with E-state index in [9.17, 15) is 0 Å². The summed E-state index contributed by atoms with van der Waals surface area (Å²) in [5, 5.41) is 2.81.